The van der Waals surface area contributed by atoms with Crippen LogP contribution in [0, 0.1) is 0 Å². The Morgan fingerprint density at radius 2 is 1.83 bits per heavy atom. The van der Waals surface area contributed by atoms with Crippen LogP contribution in [0.2, 0.25) is 0 Å². The maximum Gasteiger partial charge on any atom is 0.227 e. The number of pyridine rings is 1. The smallest absolute Gasteiger partial charge is 0.227 e. The molecule has 0 atom stereocenters. The van der Waals surface area contributed by atoms with E-state index in [1.54, 1.807) is 18.5 Å². The Hall–Kier alpha value is -3.00. The van der Waals surface area contributed by atoms with E-state index in [-0.39, 0.29) is 16.8 Å². The predicted octanol–water partition coefficient (Wildman–Crippen LogP) is 3.64. The Kier molecular flexibility index (Phi) is 4.97. The van der Waals surface area contributed by atoms with Gasteiger partial charge in [-0.3, -0.25) is 0 Å². The van der Waals surface area contributed by atoms with E-state index in [0.29, 0.717) is 28.9 Å². The summed E-state index contributed by atoms with van der Waals surface area (Å²) < 4.78 is 5.25. The molecule has 30 heavy (non-hydrogen) atoms. The lowest BCUT2D eigenvalue weighted by Gasteiger charge is -2.49. The maximum atomic E-state index is 10.4. The van der Waals surface area contributed by atoms with Crippen molar-refractivity contribution in [2.75, 3.05) is 11.9 Å². The Morgan fingerprint density at radius 1 is 1.10 bits per heavy atom. The summed E-state index contributed by atoms with van der Waals surface area (Å²) in [6.07, 6.45) is 6.65. The number of rotatable bonds is 4. The Balaban J connectivity index is 1.54. The number of hydrogen-bond acceptors (Lipinski definition) is 8. The van der Waals surface area contributed by atoms with Gasteiger partial charge in [0, 0.05) is 30.4 Å². The van der Waals surface area contributed by atoms with Crippen LogP contribution in [0.4, 0.5) is 5.82 Å². The van der Waals surface area contributed by atoms with Crippen LogP contribution in [0.1, 0.15) is 40.5 Å². The van der Waals surface area contributed by atoms with E-state index >= 15 is 0 Å². The molecule has 8 nitrogen and oxygen atoms in total. The highest BCUT2D eigenvalue weighted by molar-refractivity contribution is 5.67. The van der Waals surface area contributed by atoms with Gasteiger partial charge in [0.1, 0.15) is 23.4 Å². The number of anilines is 1. The van der Waals surface area contributed by atoms with Gasteiger partial charge in [0.05, 0.1) is 11.8 Å². The summed E-state index contributed by atoms with van der Waals surface area (Å²) in [7, 11) is 2.06. The molecule has 0 spiro atoms. The Labute approximate surface area is 176 Å². The van der Waals surface area contributed by atoms with E-state index in [4.69, 9.17) is 4.42 Å². The molecule has 2 N–H and O–H groups in total. The predicted molar refractivity (Wildman–Crippen MR) is 115 cm³/mol. The average molecular weight is 409 g/mol. The first-order valence-corrected chi connectivity index (χ1v) is 10.1. The number of aromatic hydroxyl groups is 1. The molecule has 1 aliphatic rings. The highest BCUT2D eigenvalue weighted by Crippen LogP contribution is 2.33. The van der Waals surface area contributed by atoms with Crippen LogP contribution in [0.5, 0.6) is 5.75 Å². The summed E-state index contributed by atoms with van der Waals surface area (Å²) in [4.78, 5) is 10.6. The van der Waals surface area contributed by atoms with Crippen molar-refractivity contribution in [3.63, 3.8) is 0 Å². The number of nitrogens with zero attached hydrogens (tertiary/aromatic N) is 5. The van der Waals surface area contributed by atoms with Gasteiger partial charge in [0.15, 0.2) is 5.82 Å². The second kappa shape index (κ2) is 7.36. The summed E-state index contributed by atoms with van der Waals surface area (Å²) in [6, 6.07) is 5.68. The van der Waals surface area contributed by atoms with Crippen LogP contribution in [0.15, 0.2) is 41.3 Å². The van der Waals surface area contributed by atoms with Gasteiger partial charge < -0.3 is 19.7 Å². The molecule has 0 aromatic carbocycles. The first-order chi connectivity index (χ1) is 14.1. The average Bonchev–Trinajstić information content (AvgIpc) is 3.20. The van der Waals surface area contributed by atoms with Crippen molar-refractivity contribution in [3.05, 3.63) is 36.9 Å². The zero-order valence-corrected chi connectivity index (χ0v) is 18.0. The lowest BCUT2D eigenvalue weighted by atomic mass is 9.79. The first-order valence-electron chi connectivity index (χ1n) is 10.1. The molecule has 1 fully saturated rings. The maximum absolute atomic E-state index is 10.4. The van der Waals surface area contributed by atoms with Gasteiger partial charge in [-0.2, -0.15) is 0 Å². The second-order valence-corrected chi connectivity index (χ2v) is 9.27. The molecular formula is C22H28N6O2. The molecule has 3 aromatic heterocycles. The fourth-order valence-corrected chi connectivity index (χ4v) is 4.50. The topological polar surface area (TPSA) is 100 Å². The molecule has 3 aromatic rings. The third kappa shape index (κ3) is 4.14. The SMILES string of the molecule is CN(c1ccc(-c2ncc(-c3ncco3)cc2O)nn1)C1CC(C)(C)NC(C)(C)C1. The van der Waals surface area contributed by atoms with Crippen molar-refractivity contribution in [3.8, 4) is 28.6 Å². The second-order valence-electron chi connectivity index (χ2n) is 9.27. The van der Waals surface area contributed by atoms with Crippen LogP contribution < -0.4 is 10.2 Å². The van der Waals surface area contributed by atoms with Crippen molar-refractivity contribution >= 4 is 5.82 Å². The third-order valence-electron chi connectivity index (χ3n) is 5.52. The van der Waals surface area contributed by atoms with Gasteiger partial charge in [-0.15, -0.1) is 10.2 Å². The number of oxazole rings is 1. The fraction of sp³-hybridized carbons (Fsp3) is 0.455. The summed E-state index contributed by atoms with van der Waals surface area (Å²) in [5.74, 6) is 1.20. The van der Waals surface area contributed by atoms with Gasteiger partial charge >= 0.3 is 0 Å². The molecule has 0 saturated carbocycles. The number of aromatic nitrogens is 4. The number of piperidine rings is 1. The van der Waals surface area contributed by atoms with Crippen LogP contribution in [0.25, 0.3) is 22.8 Å². The molecule has 8 heteroatoms. The van der Waals surface area contributed by atoms with E-state index in [1.807, 2.05) is 12.1 Å². The summed E-state index contributed by atoms with van der Waals surface area (Å²) in [5, 5.41) is 22.9. The minimum Gasteiger partial charge on any atom is -0.506 e. The standard InChI is InChI=1S/C22H28N6O2/c1-21(2)11-15(12-22(3,4)27-21)28(5)18-7-6-16(25-26-18)19-17(29)10-14(13-24-19)20-23-8-9-30-20/h6-10,13,15,27,29H,11-12H2,1-5H3. The molecule has 4 rings (SSSR count). The van der Waals surface area contributed by atoms with Gasteiger partial charge in [0.25, 0.3) is 0 Å². The molecule has 0 amide bonds. The zero-order chi connectivity index (χ0) is 21.5. The molecule has 0 radical (unpaired) electrons. The molecule has 0 unspecified atom stereocenters. The van der Waals surface area contributed by atoms with Gasteiger partial charge in [-0.25, -0.2) is 9.97 Å². The number of hydrogen-bond donors (Lipinski definition) is 2. The third-order valence-corrected chi connectivity index (χ3v) is 5.52. The van der Waals surface area contributed by atoms with E-state index in [9.17, 15) is 5.11 Å². The summed E-state index contributed by atoms with van der Waals surface area (Å²) >= 11 is 0. The summed E-state index contributed by atoms with van der Waals surface area (Å²) in [6.45, 7) is 8.94. The van der Waals surface area contributed by atoms with Crippen molar-refractivity contribution in [2.45, 2.75) is 57.7 Å². The molecule has 158 valence electrons. The molecule has 0 bridgehead atoms. The van der Waals surface area contributed by atoms with E-state index in [1.165, 1.54) is 6.26 Å². The van der Waals surface area contributed by atoms with E-state index in [0.717, 1.165) is 18.7 Å². The van der Waals surface area contributed by atoms with Gasteiger partial charge in [-0.1, -0.05) is 0 Å². The minimum absolute atomic E-state index is 0.00274. The Morgan fingerprint density at radius 3 is 2.40 bits per heavy atom. The monoisotopic (exact) mass is 408 g/mol. The van der Waals surface area contributed by atoms with Crippen molar-refractivity contribution in [1.29, 1.82) is 0 Å². The molecule has 4 heterocycles. The van der Waals surface area contributed by atoms with Crippen LogP contribution in [-0.4, -0.2) is 49.4 Å². The van der Waals surface area contributed by atoms with Gasteiger partial charge in [0.2, 0.25) is 5.89 Å². The molecule has 1 saturated heterocycles. The van der Waals surface area contributed by atoms with E-state index in [2.05, 4.69) is 65.1 Å². The zero-order valence-electron chi connectivity index (χ0n) is 18.0. The minimum atomic E-state index is 0.00274. The highest BCUT2D eigenvalue weighted by atomic mass is 16.3. The van der Waals surface area contributed by atoms with Crippen molar-refractivity contribution in [1.82, 2.24) is 25.5 Å². The van der Waals surface area contributed by atoms with Crippen molar-refractivity contribution in [2.24, 2.45) is 0 Å². The highest BCUT2D eigenvalue weighted by Gasteiger charge is 2.39. The lowest BCUT2D eigenvalue weighted by Crippen LogP contribution is -2.62. The number of nitrogens with one attached hydrogen (secondary N) is 1. The molecule has 1 aliphatic heterocycles. The molecular weight excluding hydrogens is 380 g/mol. The first kappa shape index (κ1) is 20.3. The quantitative estimate of drug-likeness (QED) is 0.675. The largest absolute Gasteiger partial charge is 0.506 e. The lowest BCUT2D eigenvalue weighted by molar-refractivity contribution is 0.160. The summed E-state index contributed by atoms with van der Waals surface area (Å²) in [5.41, 5.74) is 1.58. The normalized spacial score (nSPS) is 18.3. The van der Waals surface area contributed by atoms with Crippen LogP contribution in [0.3, 0.4) is 0 Å². The van der Waals surface area contributed by atoms with Gasteiger partial charge in [-0.05, 0) is 58.7 Å². The van der Waals surface area contributed by atoms with E-state index < -0.39 is 0 Å². The van der Waals surface area contributed by atoms with Crippen LogP contribution >= 0.6 is 0 Å². The molecule has 0 aliphatic carbocycles. The fourth-order valence-electron chi connectivity index (χ4n) is 4.50. The Bertz CT molecular complexity index is 999. The van der Waals surface area contributed by atoms with Crippen molar-refractivity contribution < 1.29 is 9.52 Å². The van der Waals surface area contributed by atoms with Crippen LogP contribution in [-0.2, 0) is 0 Å².